The van der Waals surface area contributed by atoms with Crippen LogP contribution in [0.1, 0.15) is 18.5 Å². The van der Waals surface area contributed by atoms with Crippen molar-refractivity contribution in [2.75, 3.05) is 33.6 Å². The van der Waals surface area contributed by atoms with Crippen LogP contribution in [0.2, 0.25) is 0 Å². The highest BCUT2D eigenvalue weighted by Gasteiger charge is 2.17. The minimum absolute atomic E-state index is 0.263. The van der Waals surface area contributed by atoms with Gasteiger partial charge in [-0.05, 0) is 24.6 Å². The lowest BCUT2D eigenvalue weighted by Gasteiger charge is -2.18. The number of hydrogen-bond acceptors (Lipinski definition) is 4. The molecule has 0 unspecified atom stereocenters. The Hall–Kier alpha value is -0.600. The minimum Gasteiger partial charge on any atom is -0.384 e. The lowest BCUT2D eigenvalue weighted by molar-refractivity contribution is 0.218. The zero-order chi connectivity index (χ0) is 15.2. The monoisotopic (exact) mass is 318 g/mol. The summed E-state index contributed by atoms with van der Waals surface area (Å²) in [5, 5.41) is 0. The molecule has 1 N–H and O–H groups in total. The van der Waals surface area contributed by atoms with E-state index in [0.29, 0.717) is 6.61 Å². The van der Waals surface area contributed by atoms with Crippen molar-refractivity contribution >= 4 is 22.0 Å². The summed E-state index contributed by atoms with van der Waals surface area (Å²) in [6.45, 7) is 2.54. The van der Waals surface area contributed by atoms with Crippen LogP contribution in [0.3, 0.4) is 0 Å². The van der Waals surface area contributed by atoms with Crippen molar-refractivity contribution in [3.8, 4) is 0 Å². The summed E-state index contributed by atoms with van der Waals surface area (Å²) in [4.78, 5) is 1.15. The third kappa shape index (κ3) is 5.41. The van der Waals surface area contributed by atoms with E-state index in [9.17, 15) is 8.42 Å². The Bertz CT molecular complexity index is 501. The average molecular weight is 318 g/mol. The smallest absolute Gasteiger partial charge is 0.279 e. The van der Waals surface area contributed by atoms with E-state index in [4.69, 9.17) is 4.74 Å². The van der Waals surface area contributed by atoms with E-state index in [1.165, 1.54) is 18.4 Å². The second-order valence-electron chi connectivity index (χ2n) is 4.54. The van der Waals surface area contributed by atoms with E-state index >= 15 is 0 Å². The number of hydrogen-bond donors (Lipinski definition) is 1. The number of methoxy groups -OCH3 is 1. The predicted molar refractivity (Wildman–Crippen MR) is 83.2 cm³/mol. The van der Waals surface area contributed by atoms with Crippen molar-refractivity contribution in [3.63, 3.8) is 0 Å². The van der Waals surface area contributed by atoms with E-state index in [1.807, 2.05) is 31.2 Å². The Morgan fingerprint density at radius 2 is 1.90 bits per heavy atom. The molecule has 5 nitrogen and oxygen atoms in total. The minimum atomic E-state index is -3.41. The van der Waals surface area contributed by atoms with Crippen LogP contribution in [0.25, 0.3) is 0 Å². The van der Waals surface area contributed by atoms with Gasteiger partial charge >= 0.3 is 0 Å². The van der Waals surface area contributed by atoms with Crippen LogP contribution in [0, 0.1) is 0 Å². The molecule has 1 rings (SSSR count). The van der Waals surface area contributed by atoms with Crippen LogP contribution in [0.15, 0.2) is 29.2 Å². The van der Waals surface area contributed by atoms with Gasteiger partial charge in [0.05, 0.1) is 6.61 Å². The van der Waals surface area contributed by atoms with Crippen LogP contribution in [0.4, 0.5) is 0 Å². The fraction of sp³-hybridized carbons (Fsp3) is 0.538. The Balaban J connectivity index is 2.64. The number of nitrogens with zero attached hydrogens (tertiary/aromatic N) is 1. The topological polar surface area (TPSA) is 58.6 Å². The number of rotatable bonds is 8. The number of nitrogens with one attached hydrogen (secondary N) is 1. The molecule has 0 aliphatic carbocycles. The summed E-state index contributed by atoms with van der Waals surface area (Å²) in [5.74, 6) is 0.901. The van der Waals surface area contributed by atoms with Crippen LogP contribution in [-0.4, -0.2) is 46.3 Å². The molecule has 0 saturated heterocycles. The predicted octanol–water partition coefficient (Wildman–Crippen LogP) is 1.88. The third-order valence-electron chi connectivity index (χ3n) is 2.74. The van der Waals surface area contributed by atoms with Gasteiger partial charge in [-0.1, -0.05) is 12.1 Å². The van der Waals surface area contributed by atoms with Crippen molar-refractivity contribution < 1.29 is 13.2 Å². The maximum atomic E-state index is 11.8. The first kappa shape index (κ1) is 17.5. The van der Waals surface area contributed by atoms with Gasteiger partial charge in [0.25, 0.3) is 10.2 Å². The fourth-order valence-corrected chi connectivity index (χ4v) is 3.10. The van der Waals surface area contributed by atoms with Gasteiger partial charge in [0.1, 0.15) is 0 Å². The molecule has 1 atom stereocenters. The van der Waals surface area contributed by atoms with E-state index in [1.54, 1.807) is 18.9 Å². The molecule has 0 amide bonds. The standard InChI is InChI=1S/C13H22N2O3S2/c1-11(14-20(16,17)15(2)3)12-5-7-13(8-6-12)19-10-9-18-4/h5-8,11,14H,9-10H2,1-4H3/t11-/m0/s1. The largest absolute Gasteiger partial charge is 0.384 e. The first-order valence-corrected chi connectivity index (χ1v) is 8.71. The Kier molecular flexibility index (Phi) is 6.97. The van der Waals surface area contributed by atoms with Gasteiger partial charge in [-0.3, -0.25) is 0 Å². The van der Waals surface area contributed by atoms with Crippen molar-refractivity contribution in [1.29, 1.82) is 0 Å². The third-order valence-corrected chi connectivity index (χ3v) is 5.33. The maximum Gasteiger partial charge on any atom is 0.279 e. The number of benzene rings is 1. The molecule has 1 aromatic carbocycles. The molecule has 0 spiro atoms. The molecule has 0 heterocycles. The van der Waals surface area contributed by atoms with Crippen molar-refractivity contribution in [3.05, 3.63) is 29.8 Å². The van der Waals surface area contributed by atoms with Gasteiger partial charge in [0.15, 0.2) is 0 Å². The quantitative estimate of drug-likeness (QED) is 0.587. The summed E-state index contributed by atoms with van der Waals surface area (Å²) in [5.41, 5.74) is 0.937. The first-order chi connectivity index (χ1) is 9.36. The Morgan fingerprint density at radius 3 is 2.40 bits per heavy atom. The fourth-order valence-electron chi connectivity index (χ4n) is 1.49. The molecule has 20 heavy (non-hydrogen) atoms. The summed E-state index contributed by atoms with van der Waals surface area (Å²) in [6, 6.07) is 7.61. The molecule has 0 radical (unpaired) electrons. The first-order valence-electron chi connectivity index (χ1n) is 6.28. The zero-order valence-corrected chi connectivity index (χ0v) is 13.9. The van der Waals surface area contributed by atoms with E-state index in [-0.39, 0.29) is 6.04 Å². The highest BCUT2D eigenvalue weighted by atomic mass is 32.2. The van der Waals surface area contributed by atoms with Crippen molar-refractivity contribution in [2.45, 2.75) is 17.9 Å². The average Bonchev–Trinajstić information content (AvgIpc) is 2.39. The summed E-state index contributed by atoms with van der Waals surface area (Å²) >= 11 is 1.71. The molecule has 7 heteroatoms. The summed E-state index contributed by atoms with van der Waals surface area (Å²) in [6.07, 6.45) is 0. The second-order valence-corrected chi connectivity index (χ2v) is 7.62. The molecular formula is C13H22N2O3S2. The van der Waals surface area contributed by atoms with Crippen LogP contribution in [0.5, 0.6) is 0 Å². The normalized spacial score (nSPS) is 13.7. The van der Waals surface area contributed by atoms with Gasteiger partial charge in [-0.2, -0.15) is 17.4 Å². The molecule has 0 bridgehead atoms. The van der Waals surface area contributed by atoms with E-state index in [2.05, 4.69) is 4.72 Å². The number of thioether (sulfide) groups is 1. The second kappa shape index (κ2) is 7.99. The lowest BCUT2D eigenvalue weighted by Crippen LogP contribution is -2.37. The van der Waals surface area contributed by atoms with Crippen LogP contribution < -0.4 is 4.72 Å². The Labute approximate surface area is 125 Å². The summed E-state index contributed by atoms with van der Waals surface area (Å²) in [7, 11) is 1.28. The molecule has 0 aliphatic heterocycles. The van der Waals surface area contributed by atoms with Crippen LogP contribution in [-0.2, 0) is 14.9 Å². The van der Waals surface area contributed by atoms with Gasteiger partial charge in [0, 0.05) is 37.9 Å². The van der Waals surface area contributed by atoms with Crippen LogP contribution >= 0.6 is 11.8 Å². The lowest BCUT2D eigenvalue weighted by atomic mass is 10.1. The highest BCUT2D eigenvalue weighted by Crippen LogP contribution is 2.21. The summed E-state index contributed by atoms with van der Waals surface area (Å²) < 4.78 is 32.3. The van der Waals surface area contributed by atoms with Crippen molar-refractivity contribution in [2.24, 2.45) is 0 Å². The number of ether oxygens (including phenoxy) is 1. The van der Waals surface area contributed by atoms with Crippen molar-refractivity contribution in [1.82, 2.24) is 9.03 Å². The zero-order valence-electron chi connectivity index (χ0n) is 12.3. The van der Waals surface area contributed by atoms with Gasteiger partial charge < -0.3 is 4.74 Å². The molecule has 1 aromatic rings. The molecule has 0 aliphatic rings. The van der Waals surface area contributed by atoms with Gasteiger partial charge in [-0.15, -0.1) is 11.8 Å². The molecule has 0 aromatic heterocycles. The van der Waals surface area contributed by atoms with E-state index < -0.39 is 10.2 Å². The molecule has 114 valence electrons. The Morgan fingerprint density at radius 1 is 1.30 bits per heavy atom. The molecular weight excluding hydrogens is 296 g/mol. The van der Waals surface area contributed by atoms with E-state index in [0.717, 1.165) is 16.2 Å². The van der Waals surface area contributed by atoms with Gasteiger partial charge in [0.2, 0.25) is 0 Å². The molecule has 0 fully saturated rings. The van der Waals surface area contributed by atoms with Gasteiger partial charge in [-0.25, -0.2) is 0 Å². The highest BCUT2D eigenvalue weighted by molar-refractivity contribution is 7.99. The maximum absolute atomic E-state index is 11.8. The molecule has 0 saturated carbocycles. The SMILES string of the molecule is COCCSc1ccc([C@H](C)NS(=O)(=O)N(C)C)cc1.